The SMILES string of the molecule is COc1ccc(CC(C)=NN(Cc2ccccc2)Cc2ccccc2)cc1OC.COc1ccc(CC(C)=NN(Cc2ccccc2)c2ccccc2)cc1. The summed E-state index contributed by atoms with van der Waals surface area (Å²) in [6.45, 7) is 6.41. The van der Waals surface area contributed by atoms with Gasteiger partial charge in [0.25, 0.3) is 0 Å². The first-order valence-corrected chi connectivity index (χ1v) is 18.5. The van der Waals surface area contributed by atoms with E-state index in [2.05, 4.69) is 127 Å². The monoisotopic (exact) mass is 732 g/mol. The van der Waals surface area contributed by atoms with Crippen molar-refractivity contribution < 1.29 is 14.2 Å². The summed E-state index contributed by atoms with van der Waals surface area (Å²) in [5, 5.41) is 14.0. The predicted molar refractivity (Wildman–Crippen MR) is 227 cm³/mol. The van der Waals surface area contributed by atoms with Gasteiger partial charge in [0.2, 0.25) is 0 Å². The van der Waals surface area contributed by atoms with Crippen molar-refractivity contribution in [2.24, 2.45) is 10.2 Å². The molecule has 55 heavy (non-hydrogen) atoms. The lowest BCUT2D eigenvalue weighted by Gasteiger charge is -2.21. The Morgan fingerprint density at radius 2 is 0.891 bits per heavy atom. The van der Waals surface area contributed by atoms with Crippen LogP contribution in [0, 0.1) is 0 Å². The molecule has 0 atom stereocenters. The zero-order chi connectivity index (χ0) is 38.7. The number of anilines is 1. The van der Waals surface area contributed by atoms with Crippen LogP contribution in [0.25, 0.3) is 0 Å². The van der Waals surface area contributed by atoms with E-state index in [4.69, 9.17) is 24.4 Å². The van der Waals surface area contributed by atoms with Gasteiger partial charge >= 0.3 is 0 Å². The Morgan fingerprint density at radius 1 is 0.436 bits per heavy atom. The molecule has 0 aromatic heterocycles. The number of ether oxygens (including phenoxy) is 3. The van der Waals surface area contributed by atoms with Crippen molar-refractivity contribution in [2.75, 3.05) is 26.3 Å². The molecule has 282 valence electrons. The van der Waals surface area contributed by atoms with Gasteiger partial charge in [-0.05, 0) is 78.1 Å². The maximum atomic E-state index is 5.42. The Morgan fingerprint density at radius 3 is 1.40 bits per heavy atom. The number of nitrogens with zero attached hydrogens (tertiary/aromatic N) is 4. The van der Waals surface area contributed by atoms with Gasteiger partial charge in [0.15, 0.2) is 11.5 Å². The van der Waals surface area contributed by atoms with Crippen LogP contribution in [0.3, 0.4) is 0 Å². The second-order valence-corrected chi connectivity index (χ2v) is 13.2. The molecule has 7 nitrogen and oxygen atoms in total. The minimum Gasteiger partial charge on any atom is -0.497 e. The fraction of sp³-hybridized carbons (Fsp3) is 0.208. The molecule has 0 unspecified atom stereocenters. The second-order valence-electron chi connectivity index (χ2n) is 13.2. The smallest absolute Gasteiger partial charge is 0.160 e. The summed E-state index contributed by atoms with van der Waals surface area (Å²) in [5.74, 6) is 2.35. The fourth-order valence-corrected chi connectivity index (χ4v) is 6.10. The summed E-state index contributed by atoms with van der Waals surface area (Å²) >= 11 is 0. The summed E-state index contributed by atoms with van der Waals surface area (Å²) in [4.78, 5) is 0. The maximum absolute atomic E-state index is 5.42. The van der Waals surface area contributed by atoms with Crippen LogP contribution in [-0.2, 0) is 32.5 Å². The Labute approximate surface area is 327 Å². The van der Waals surface area contributed by atoms with E-state index in [0.717, 1.165) is 72.4 Å². The normalized spacial score (nSPS) is 11.2. The van der Waals surface area contributed by atoms with Gasteiger partial charge in [0.05, 0.1) is 46.7 Å². The fourth-order valence-electron chi connectivity index (χ4n) is 6.10. The van der Waals surface area contributed by atoms with Crippen molar-refractivity contribution >= 4 is 17.1 Å². The van der Waals surface area contributed by atoms with E-state index in [1.165, 1.54) is 22.3 Å². The molecule has 0 aliphatic carbocycles. The van der Waals surface area contributed by atoms with Gasteiger partial charge in [-0.2, -0.15) is 10.2 Å². The van der Waals surface area contributed by atoms with Crippen LogP contribution in [0.1, 0.15) is 41.7 Å². The third kappa shape index (κ3) is 13.2. The first-order chi connectivity index (χ1) is 26.9. The van der Waals surface area contributed by atoms with Crippen molar-refractivity contribution in [3.63, 3.8) is 0 Å². The molecule has 0 radical (unpaired) electrons. The third-order valence-corrected chi connectivity index (χ3v) is 8.78. The van der Waals surface area contributed by atoms with Gasteiger partial charge in [0, 0.05) is 24.3 Å². The Kier molecular flexibility index (Phi) is 15.5. The number of benzene rings is 6. The van der Waals surface area contributed by atoms with Crippen molar-refractivity contribution in [1.82, 2.24) is 5.01 Å². The van der Waals surface area contributed by atoms with Crippen molar-refractivity contribution in [3.8, 4) is 17.2 Å². The van der Waals surface area contributed by atoms with E-state index in [1.807, 2.05) is 60.7 Å². The highest BCUT2D eigenvalue weighted by Crippen LogP contribution is 2.28. The predicted octanol–water partition coefficient (Wildman–Crippen LogP) is 10.6. The third-order valence-electron chi connectivity index (χ3n) is 8.78. The molecule has 0 aliphatic heterocycles. The number of methoxy groups -OCH3 is 3. The Hall–Kier alpha value is -6.34. The summed E-state index contributed by atoms with van der Waals surface area (Å²) in [6.07, 6.45) is 1.56. The molecular weight excluding hydrogens is 681 g/mol. The average Bonchev–Trinajstić information content (AvgIpc) is 3.22. The van der Waals surface area contributed by atoms with Crippen LogP contribution < -0.4 is 19.2 Å². The van der Waals surface area contributed by atoms with E-state index in [1.54, 1.807) is 21.3 Å². The van der Waals surface area contributed by atoms with Crippen LogP contribution in [-0.4, -0.2) is 37.8 Å². The van der Waals surface area contributed by atoms with E-state index in [0.29, 0.717) is 0 Å². The van der Waals surface area contributed by atoms with Gasteiger partial charge in [-0.1, -0.05) is 127 Å². The minimum absolute atomic E-state index is 0.737. The first-order valence-electron chi connectivity index (χ1n) is 18.5. The van der Waals surface area contributed by atoms with Gasteiger partial charge in [0.1, 0.15) is 5.75 Å². The number of para-hydroxylation sites is 1. The number of hydrazone groups is 2. The Bertz CT molecular complexity index is 2010. The van der Waals surface area contributed by atoms with E-state index < -0.39 is 0 Å². The molecule has 0 saturated carbocycles. The van der Waals surface area contributed by atoms with Crippen molar-refractivity contribution in [1.29, 1.82) is 0 Å². The number of hydrogen-bond donors (Lipinski definition) is 0. The summed E-state index contributed by atoms with van der Waals surface area (Å²) in [6, 6.07) is 55.7. The molecule has 6 aromatic rings. The molecule has 6 aromatic carbocycles. The van der Waals surface area contributed by atoms with Gasteiger partial charge in [-0.3, -0.25) is 10.0 Å². The lowest BCUT2D eigenvalue weighted by atomic mass is 10.1. The van der Waals surface area contributed by atoms with Crippen LogP contribution >= 0.6 is 0 Å². The topological polar surface area (TPSA) is 58.9 Å². The highest BCUT2D eigenvalue weighted by atomic mass is 16.5. The molecule has 0 amide bonds. The lowest BCUT2D eigenvalue weighted by Crippen LogP contribution is -2.19. The molecular formula is C48H52N4O3. The minimum atomic E-state index is 0.737. The Balaban J connectivity index is 0.000000212. The summed E-state index contributed by atoms with van der Waals surface area (Å²) in [5.41, 5.74) is 9.28. The molecule has 0 N–H and O–H groups in total. The molecule has 0 bridgehead atoms. The number of hydrogen-bond acceptors (Lipinski definition) is 7. The van der Waals surface area contributed by atoms with Gasteiger partial charge < -0.3 is 14.2 Å². The largest absolute Gasteiger partial charge is 0.497 e. The maximum Gasteiger partial charge on any atom is 0.160 e. The molecule has 0 fully saturated rings. The first kappa shape index (κ1) is 39.9. The molecule has 0 spiro atoms. The quantitative estimate of drug-likeness (QED) is 0.0732. The van der Waals surface area contributed by atoms with Gasteiger partial charge in [-0.15, -0.1) is 0 Å². The zero-order valence-corrected chi connectivity index (χ0v) is 32.6. The van der Waals surface area contributed by atoms with E-state index in [-0.39, 0.29) is 0 Å². The standard InChI is InChI=1S/C25H28N2O2.C23H24N2O/c1-20(16-23-14-15-24(28-2)25(17-23)29-3)26-27(18-21-10-6-4-7-11-21)19-22-12-8-5-9-13-22;1-19(17-20-13-15-23(26-2)16-14-20)24-25(22-11-7-4-8-12-22)18-21-9-5-3-6-10-21/h4-15,17H,16,18-19H2,1-3H3;3-16H,17-18H2,1-2H3. The van der Waals surface area contributed by atoms with Crippen molar-refractivity contribution in [3.05, 3.63) is 192 Å². The highest BCUT2D eigenvalue weighted by Gasteiger charge is 2.10. The highest BCUT2D eigenvalue weighted by molar-refractivity contribution is 5.85. The van der Waals surface area contributed by atoms with E-state index in [9.17, 15) is 0 Å². The zero-order valence-electron chi connectivity index (χ0n) is 32.6. The second kappa shape index (κ2) is 21.4. The van der Waals surface area contributed by atoms with Crippen LogP contribution in [0.15, 0.2) is 174 Å². The molecule has 7 heteroatoms. The van der Waals surface area contributed by atoms with Gasteiger partial charge in [-0.25, -0.2) is 0 Å². The average molecular weight is 733 g/mol. The molecule has 0 saturated heterocycles. The lowest BCUT2D eigenvalue weighted by molar-refractivity contribution is 0.270. The van der Waals surface area contributed by atoms with Crippen LogP contribution in [0.2, 0.25) is 0 Å². The number of rotatable bonds is 16. The molecule has 0 aliphatic rings. The summed E-state index contributed by atoms with van der Waals surface area (Å²) in [7, 11) is 4.99. The van der Waals surface area contributed by atoms with E-state index >= 15 is 0 Å². The molecule has 6 rings (SSSR count). The summed E-state index contributed by atoms with van der Waals surface area (Å²) < 4.78 is 16.0. The van der Waals surface area contributed by atoms with Crippen LogP contribution in [0.4, 0.5) is 5.69 Å². The van der Waals surface area contributed by atoms with Crippen molar-refractivity contribution in [2.45, 2.75) is 46.3 Å². The molecule has 0 heterocycles. The van der Waals surface area contributed by atoms with Crippen LogP contribution in [0.5, 0.6) is 17.2 Å².